The van der Waals surface area contributed by atoms with Crippen LogP contribution in [0.15, 0.2) is 54.7 Å². The van der Waals surface area contributed by atoms with Crippen molar-refractivity contribution < 1.29 is 4.74 Å². The van der Waals surface area contributed by atoms with E-state index >= 15 is 0 Å². The summed E-state index contributed by atoms with van der Waals surface area (Å²) < 4.78 is 7.06. The van der Waals surface area contributed by atoms with Crippen molar-refractivity contribution in [3.05, 3.63) is 63.9 Å². The van der Waals surface area contributed by atoms with Crippen molar-refractivity contribution in [1.29, 1.82) is 0 Å². The highest BCUT2D eigenvalue weighted by Crippen LogP contribution is 2.30. The van der Waals surface area contributed by atoms with Gasteiger partial charge in [0.1, 0.15) is 5.75 Å². The molecule has 0 aliphatic heterocycles. The van der Waals surface area contributed by atoms with Gasteiger partial charge in [0.15, 0.2) is 0 Å². The second-order valence-electron chi connectivity index (χ2n) is 4.32. The van der Waals surface area contributed by atoms with Gasteiger partial charge in [-0.2, -0.15) is 0 Å². The Bertz CT molecular complexity index is 743. The number of aromatic nitrogens is 1. The Hall–Kier alpha value is -1.33. The van der Waals surface area contributed by atoms with Crippen molar-refractivity contribution in [2.24, 2.45) is 0 Å². The molecule has 1 aromatic heterocycles. The van der Waals surface area contributed by atoms with Gasteiger partial charge in [0.05, 0.1) is 0 Å². The first kappa shape index (κ1) is 13.6. The highest BCUT2D eigenvalue weighted by atomic mass is 127. The van der Waals surface area contributed by atoms with Crippen molar-refractivity contribution in [1.82, 2.24) is 4.98 Å². The van der Waals surface area contributed by atoms with Crippen molar-refractivity contribution in [3.63, 3.8) is 0 Å². The Kier molecular flexibility index (Phi) is 4.08. The molecule has 0 radical (unpaired) electrons. The van der Waals surface area contributed by atoms with Gasteiger partial charge in [-0.1, -0.05) is 18.2 Å². The zero-order chi connectivity index (χ0) is 13.9. The fourth-order valence-electron chi connectivity index (χ4n) is 2.03. The van der Waals surface area contributed by atoms with Gasteiger partial charge in [0, 0.05) is 21.0 Å². The molecule has 3 rings (SSSR count). The summed E-state index contributed by atoms with van der Waals surface area (Å²) in [6, 6.07) is 15.9. The third-order valence-electron chi connectivity index (χ3n) is 3.01. The first-order valence-electron chi connectivity index (χ1n) is 6.14. The number of hydrogen-bond acceptors (Lipinski definition) is 2. The molecule has 0 unspecified atom stereocenters. The SMILES string of the molecule is ClCc1cnc(Oc2ccc(I)cc2)c2ccccc12. The van der Waals surface area contributed by atoms with E-state index in [2.05, 4.69) is 27.6 Å². The van der Waals surface area contributed by atoms with Crippen LogP contribution in [0.25, 0.3) is 10.8 Å². The van der Waals surface area contributed by atoms with Crippen LogP contribution >= 0.6 is 34.2 Å². The average Bonchev–Trinajstić information content (AvgIpc) is 2.50. The van der Waals surface area contributed by atoms with Gasteiger partial charge in [0.2, 0.25) is 5.88 Å². The molecule has 1 heterocycles. The molecule has 2 nitrogen and oxygen atoms in total. The first-order valence-corrected chi connectivity index (χ1v) is 7.75. The molecular formula is C16H11ClINO. The van der Waals surface area contributed by atoms with Gasteiger partial charge in [-0.05, 0) is 63.9 Å². The molecule has 2 aromatic carbocycles. The van der Waals surface area contributed by atoms with Crippen LogP contribution in [0.4, 0.5) is 0 Å². The molecule has 4 heteroatoms. The van der Waals surface area contributed by atoms with Gasteiger partial charge in [-0.15, -0.1) is 11.6 Å². The lowest BCUT2D eigenvalue weighted by molar-refractivity contribution is 0.469. The molecule has 0 amide bonds. The standard InChI is InChI=1S/C16H11ClINO/c17-9-11-10-19-16(15-4-2-1-3-14(11)15)20-13-7-5-12(18)6-8-13/h1-8,10H,9H2. The molecule has 0 aliphatic rings. The fraction of sp³-hybridized carbons (Fsp3) is 0.0625. The molecule has 100 valence electrons. The molecular weight excluding hydrogens is 385 g/mol. The van der Waals surface area contributed by atoms with E-state index in [4.69, 9.17) is 16.3 Å². The third kappa shape index (κ3) is 2.74. The molecule has 3 aromatic rings. The zero-order valence-electron chi connectivity index (χ0n) is 10.5. The van der Waals surface area contributed by atoms with Crippen molar-refractivity contribution in [3.8, 4) is 11.6 Å². The molecule has 0 spiro atoms. The zero-order valence-corrected chi connectivity index (χ0v) is 13.4. The maximum atomic E-state index is 5.95. The summed E-state index contributed by atoms with van der Waals surface area (Å²) in [6.45, 7) is 0. The largest absolute Gasteiger partial charge is 0.438 e. The highest BCUT2D eigenvalue weighted by Gasteiger charge is 2.08. The Morgan fingerprint density at radius 2 is 1.70 bits per heavy atom. The summed E-state index contributed by atoms with van der Waals surface area (Å²) in [5, 5.41) is 2.06. The van der Waals surface area contributed by atoms with E-state index in [1.807, 2.05) is 48.5 Å². The van der Waals surface area contributed by atoms with E-state index < -0.39 is 0 Å². The Morgan fingerprint density at radius 1 is 1.00 bits per heavy atom. The van der Waals surface area contributed by atoms with Crippen molar-refractivity contribution in [2.45, 2.75) is 5.88 Å². The van der Waals surface area contributed by atoms with E-state index in [1.165, 1.54) is 3.57 Å². The smallest absolute Gasteiger partial charge is 0.227 e. The predicted octanol–water partition coefficient (Wildman–Crippen LogP) is 5.37. The average molecular weight is 396 g/mol. The number of nitrogens with zero attached hydrogens (tertiary/aromatic N) is 1. The van der Waals surface area contributed by atoms with Gasteiger partial charge in [-0.3, -0.25) is 0 Å². The number of fused-ring (bicyclic) bond motifs is 1. The summed E-state index contributed by atoms with van der Waals surface area (Å²) in [7, 11) is 0. The lowest BCUT2D eigenvalue weighted by Crippen LogP contribution is -1.92. The second-order valence-corrected chi connectivity index (χ2v) is 5.84. The predicted molar refractivity (Wildman–Crippen MR) is 90.5 cm³/mol. The van der Waals surface area contributed by atoms with Gasteiger partial charge in [0.25, 0.3) is 0 Å². The van der Waals surface area contributed by atoms with Gasteiger partial charge >= 0.3 is 0 Å². The molecule has 0 saturated carbocycles. The Morgan fingerprint density at radius 3 is 2.40 bits per heavy atom. The van der Waals surface area contributed by atoms with Crippen LogP contribution in [0.1, 0.15) is 5.56 Å². The molecule has 20 heavy (non-hydrogen) atoms. The van der Waals surface area contributed by atoms with Crippen LogP contribution in [0.5, 0.6) is 11.6 Å². The van der Waals surface area contributed by atoms with Gasteiger partial charge < -0.3 is 4.74 Å². The van der Waals surface area contributed by atoms with E-state index in [0.717, 1.165) is 22.1 Å². The molecule has 0 atom stereocenters. The molecule has 0 saturated heterocycles. The maximum absolute atomic E-state index is 5.95. The minimum absolute atomic E-state index is 0.442. The minimum Gasteiger partial charge on any atom is -0.438 e. The lowest BCUT2D eigenvalue weighted by Gasteiger charge is -2.10. The highest BCUT2D eigenvalue weighted by molar-refractivity contribution is 14.1. The number of halogens is 2. The molecule has 0 N–H and O–H groups in total. The van der Waals surface area contributed by atoms with Crippen LogP contribution in [0.3, 0.4) is 0 Å². The van der Waals surface area contributed by atoms with Crippen LogP contribution in [0.2, 0.25) is 0 Å². The monoisotopic (exact) mass is 395 g/mol. The van der Waals surface area contributed by atoms with Gasteiger partial charge in [-0.25, -0.2) is 4.98 Å². The van der Waals surface area contributed by atoms with E-state index in [1.54, 1.807) is 6.20 Å². The summed E-state index contributed by atoms with van der Waals surface area (Å²) in [6.07, 6.45) is 1.78. The second kappa shape index (κ2) is 5.97. The first-order chi connectivity index (χ1) is 9.78. The van der Waals surface area contributed by atoms with Crippen LogP contribution < -0.4 is 4.74 Å². The normalized spacial score (nSPS) is 10.7. The van der Waals surface area contributed by atoms with Crippen LogP contribution in [-0.4, -0.2) is 4.98 Å². The topological polar surface area (TPSA) is 22.1 Å². The molecule has 0 aliphatic carbocycles. The number of alkyl halides is 1. The summed E-state index contributed by atoms with van der Waals surface area (Å²) >= 11 is 8.22. The van der Waals surface area contributed by atoms with E-state index in [9.17, 15) is 0 Å². The third-order valence-corrected chi connectivity index (χ3v) is 4.02. The van der Waals surface area contributed by atoms with E-state index in [0.29, 0.717) is 11.8 Å². The number of pyridine rings is 1. The number of benzene rings is 2. The number of ether oxygens (including phenoxy) is 1. The van der Waals surface area contributed by atoms with Crippen molar-refractivity contribution >= 4 is 45.0 Å². The van der Waals surface area contributed by atoms with Crippen LogP contribution in [-0.2, 0) is 5.88 Å². The minimum atomic E-state index is 0.442. The molecule has 0 fully saturated rings. The number of rotatable bonds is 3. The number of hydrogen-bond donors (Lipinski definition) is 0. The van der Waals surface area contributed by atoms with E-state index in [-0.39, 0.29) is 0 Å². The lowest BCUT2D eigenvalue weighted by atomic mass is 10.1. The van der Waals surface area contributed by atoms with Crippen molar-refractivity contribution in [2.75, 3.05) is 0 Å². The summed E-state index contributed by atoms with van der Waals surface area (Å²) in [5.41, 5.74) is 1.01. The fourth-order valence-corrected chi connectivity index (χ4v) is 2.60. The summed E-state index contributed by atoms with van der Waals surface area (Å²) in [4.78, 5) is 4.39. The Balaban J connectivity index is 2.06. The quantitative estimate of drug-likeness (QED) is 0.439. The summed E-state index contributed by atoms with van der Waals surface area (Å²) in [5.74, 6) is 1.83. The van der Waals surface area contributed by atoms with Crippen LogP contribution in [0, 0.1) is 3.57 Å². The molecule has 0 bridgehead atoms. The maximum Gasteiger partial charge on any atom is 0.227 e. The Labute approximate surface area is 135 Å².